The lowest BCUT2D eigenvalue weighted by atomic mass is 9.87. The highest BCUT2D eigenvalue weighted by molar-refractivity contribution is 5.66. The molecule has 0 N–H and O–H groups in total. The third-order valence-corrected chi connectivity index (χ3v) is 6.51. The second-order valence-corrected chi connectivity index (χ2v) is 9.99. The topological polar surface area (TPSA) is 40.1 Å². The predicted octanol–water partition coefficient (Wildman–Crippen LogP) is 8.08. The lowest BCUT2D eigenvalue weighted by molar-refractivity contribution is -0.311. The van der Waals surface area contributed by atoms with Crippen LogP contribution in [0.1, 0.15) is 150 Å². The number of rotatable bonds is 22. The van der Waals surface area contributed by atoms with Crippen LogP contribution in [0, 0.1) is 17.8 Å². The van der Waals surface area contributed by atoms with Crippen LogP contribution in [-0.2, 0) is 4.79 Å². The summed E-state index contributed by atoms with van der Waals surface area (Å²) < 4.78 is 0. The Morgan fingerprint density at radius 2 is 0.966 bits per heavy atom. The van der Waals surface area contributed by atoms with Crippen LogP contribution in [0.4, 0.5) is 0 Å². The third-order valence-electron chi connectivity index (χ3n) is 6.51. The van der Waals surface area contributed by atoms with Crippen LogP contribution >= 0.6 is 0 Å². The van der Waals surface area contributed by atoms with Gasteiger partial charge in [0.05, 0.1) is 0 Å². The van der Waals surface area contributed by atoms with Gasteiger partial charge in [0.25, 0.3) is 0 Å². The van der Waals surface area contributed by atoms with Crippen molar-refractivity contribution < 1.29 is 9.90 Å². The van der Waals surface area contributed by atoms with E-state index in [1.54, 1.807) is 6.92 Å². The van der Waals surface area contributed by atoms with Crippen LogP contribution in [0.5, 0.6) is 0 Å². The van der Waals surface area contributed by atoms with E-state index in [9.17, 15) is 9.90 Å². The predicted molar refractivity (Wildman–Crippen MR) is 126 cm³/mol. The fraction of sp³-hybridized carbons (Fsp3) is 0.963. The maximum atomic E-state index is 10.8. The zero-order valence-corrected chi connectivity index (χ0v) is 20.5. The molecule has 0 saturated carbocycles. The molecule has 2 heteroatoms. The summed E-state index contributed by atoms with van der Waals surface area (Å²) in [7, 11) is 0. The molecule has 0 bridgehead atoms. The van der Waals surface area contributed by atoms with E-state index in [0.29, 0.717) is 11.8 Å². The van der Waals surface area contributed by atoms with Crippen molar-refractivity contribution in [2.24, 2.45) is 17.8 Å². The first-order valence-corrected chi connectivity index (χ1v) is 13.2. The van der Waals surface area contributed by atoms with Crippen molar-refractivity contribution in [2.75, 3.05) is 0 Å². The smallest absolute Gasteiger partial charge is 0.0442 e. The fourth-order valence-corrected chi connectivity index (χ4v) is 4.64. The third kappa shape index (κ3) is 20.5. The molecule has 0 saturated heterocycles. The highest BCUT2D eigenvalue weighted by atomic mass is 16.4. The Bertz CT molecular complexity index is 352. The summed E-state index contributed by atoms with van der Waals surface area (Å²) >= 11 is 0. The van der Waals surface area contributed by atoms with Crippen LogP contribution in [0.3, 0.4) is 0 Å². The van der Waals surface area contributed by atoms with Gasteiger partial charge in [-0.1, -0.05) is 137 Å². The minimum atomic E-state index is -0.901. The number of hydrogen-bond acceptors (Lipinski definition) is 2. The van der Waals surface area contributed by atoms with Crippen molar-refractivity contribution in [1.29, 1.82) is 0 Å². The van der Waals surface area contributed by atoms with Crippen LogP contribution in [-0.4, -0.2) is 5.97 Å². The molecule has 3 atom stereocenters. The van der Waals surface area contributed by atoms with Gasteiger partial charge in [0.2, 0.25) is 0 Å². The summed E-state index contributed by atoms with van der Waals surface area (Å²) in [5, 5.41) is 10.8. The number of aliphatic carboxylic acids is 1. The van der Waals surface area contributed by atoms with Gasteiger partial charge in [-0.05, 0) is 30.6 Å². The van der Waals surface area contributed by atoms with Crippen molar-refractivity contribution in [2.45, 2.75) is 150 Å². The maximum Gasteiger partial charge on any atom is 0.0442 e. The molecule has 0 unspecified atom stereocenters. The summed E-state index contributed by atoms with van der Waals surface area (Å²) in [6.45, 7) is 8.57. The van der Waals surface area contributed by atoms with Crippen LogP contribution in [0.15, 0.2) is 0 Å². The standard InChI is InChI=1S/C27H54O2/c1-5-6-7-8-9-10-11-12-13-14-15-16-17-18-19-20-21-24(2)22-25(3)23-26(4)27(28)29/h24-26H,5-23H2,1-4H3,(H,28,29)/p-1/t24-,25-,26-/m0/s1. The van der Waals surface area contributed by atoms with Gasteiger partial charge in [-0.3, -0.25) is 0 Å². The van der Waals surface area contributed by atoms with Crippen molar-refractivity contribution in [1.82, 2.24) is 0 Å². The Morgan fingerprint density at radius 1 is 0.586 bits per heavy atom. The van der Waals surface area contributed by atoms with Gasteiger partial charge in [-0.2, -0.15) is 0 Å². The summed E-state index contributed by atoms with van der Waals surface area (Å²) in [5.74, 6) is -0.0142. The van der Waals surface area contributed by atoms with E-state index in [4.69, 9.17) is 0 Å². The summed E-state index contributed by atoms with van der Waals surface area (Å²) in [4.78, 5) is 10.8. The van der Waals surface area contributed by atoms with E-state index in [2.05, 4.69) is 20.8 Å². The van der Waals surface area contributed by atoms with Crippen molar-refractivity contribution in [3.63, 3.8) is 0 Å². The molecule has 0 radical (unpaired) electrons. The number of carbonyl (C=O) groups is 1. The first kappa shape index (κ1) is 28.5. The molecule has 0 fully saturated rings. The first-order valence-electron chi connectivity index (χ1n) is 13.2. The van der Waals surface area contributed by atoms with E-state index >= 15 is 0 Å². The van der Waals surface area contributed by atoms with E-state index in [1.807, 2.05) is 0 Å². The van der Waals surface area contributed by atoms with Gasteiger partial charge in [0, 0.05) is 5.97 Å². The van der Waals surface area contributed by atoms with Crippen LogP contribution in [0.2, 0.25) is 0 Å². The van der Waals surface area contributed by atoms with Gasteiger partial charge in [0.15, 0.2) is 0 Å². The quantitative estimate of drug-likeness (QED) is 0.170. The highest BCUT2D eigenvalue weighted by Crippen LogP contribution is 2.23. The summed E-state index contributed by atoms with van der Waals surface area (Å²) in [5.41, 5.74) is 0. The van der Waals surface area contributed by atoms with Crippen LogP contribution < -0.4 is 5.11 Å². The summed E-state index contributed by atoms with van der Waals surface area (Å²) in [6, 6.07) is 0. The van der Waals surface area contributed by atoms with Gasteiger partial charge < -0.3 is 9.90 Å². The van der Waals surface area contributed by atoms with Gasteiger partial charge in [-0.25, -0.2) is 0 Å². The second-order valence-electron chi connectivity index (χ2n) is 9.99. The summed E-state index contributed by atoms with van der Waals surface area (Å²) in [6.07, 6.45) is 25.9. The minimum absolute atomic E-state index is 0.312. The normalized spacial score (nSPS) is 14.6. The average Bonchev–Trinajstić information content (AvgIpc) is 2.67. The number of unbranched alkanes of at least 4 members (excludes halogenated alkanes) is 15. The molecule has 0 amide bonds. The number of carbonyl (C=O) groups excluding carboxylic acids is 1. The number of hydrogen-bond donors (Lipinski definition) is 0. The molecule has 0 aromatic heterocycles. The highest BCUT2D eigenvalue weighted by Gasteiger charge is 2.13. The van der Waals surface area contributed by atoms with Crippen molar-refractivity contribution in [3.8, 4) is 0 Å². The minimum Gasteiger partial charge on any atom is -0.550 e. The maximum absolute atomic E-state index is 10.8. The molecule has 29 heavy (non-hydrogen) atoms. The second kappa shape index (κ2) is 20.7. The zero-order valence-electron chi connectivity index (χ0n) is 20.5. The molecule has 0 aliphatic carbocycles. The molecule has 174 valence electrons. The molecule has 0 aromatic carbocycles. The largest absolute Gasteiger partial charge is 0.550 e. The molecule has 0 aliphatic rings. The van der Waals surface area contributed by atoms with Gasteiger partial charge in [-0.15, -0.1) is 0 Å². The Labute approximate surface area is 183 Å². The average molecular weight is 410 g/mol. The molecular weight excluding hydrogens is 356 g/mol. The Kier molecular flexibility index (Phi) is 20.4. The molecule has 0 aliphatic heterocycles. The Hall–Kier alpha value is -0.530. The SMILES string of the molecule is CCCCCCCCCCCCCCCCCC[C@H](C)C[C@H](C)C[C@H](C)C(=O)[O-]. The first-order chi connectivity index (χ1) is 14.0. The molecule has 0 aromatic rings. The lowest BCUT2D eigenvalue weighted by Gasteiger charge is -2.21. The molecular formula is C27H53O2-. The van der Waals surface area contributed by atoms with Gasteiger partial charge >= 0.3 is 0 Å². The van der Waals surface area contributed by atoms with E-state index in [1.165, 1.54) is 109 Å². The molecule has 0 spiro atoms. The van der Waals surface area contributed by atoms with E-state index in [-0.39, 0.29) is 5.92 Å². The molecule has 0 rings (SSSR count). The van der Waals surface area contributed by atoms with Crippen molar-refractivity contribution in [3.05, 3.63) is 0 Å². The fourth-order valence-electron chi connectivity index (χ4n) is 4.64. The molecule has 0 heterocycles. The number of carboxylic acid groups (broad SMARTS) is 1. The van der Waals surface area contributed by atoms with Gasteiger partial charge in [0.1, 0.15) is 0 Å². The zero-order chi connectivity index (χ0) is 21.7. The van der Waals surface area contributed by atoms with E-state index in [0.717, 1.165) is 12.8 Å². The molecule has 2 nitrogen and oxygen atoms in total. The lowest BCUT2D eigenvalue weighted by Crippen LogP contribution is -2.30. The Morgan fingerprint density at radius 3 is 1.34 bits per heavy atom. The van der Waals surface area contributed by atoms with E-state index < -0.39 is 5.97 Å². The van der Waals surface area contributed by atoms with Crippen molar-refractivity contribution >= 4 is 5.97 Å². The van der Waals surface area contributed by atoms with Crippen LogP contribution in [0.25, 0.3) is 0 Å². The Balaban J connectivity index is 3.29. The number of carboxylic acids is 1. The monoisotopic (exact) mass is 409 g/mol.